The van der Waals surface area contributed by atoms with Crippen LogP contribution in [0.4, 0.5) is 5.88 Å². The molecule has 0 spiro atoms. The Balaban J connectivity index is 1.60. The summed E-state index contributed by atoms with van der Waals surface area (Å²) >= 11 is 0. The predicted molar refractivity (Wildman–Crippen MR) is 130 cm³/mol. The number of ketones is 1. The van der Waals surface area contributed by atoms with Crippen molar-refractivity contribution in [3.05, 3.63) is 70.1 Å². The molecule has 2 heterocycles. The number of Topliss-reactive ketones (excluding diaryl/α,β-unsaturated/α-hetero) is 1. The Morgan fingerprint density at radius 3 is 2.54 bits per heavy atom. The van der Waals surface area contributed by atoms with Crippen LogP contribution in [0.3, 0.4) is 0 Å². The van der Waals surface area contributed by atoms with E-state index >= 15 is 0 Å². The molecule has 0 bridgehead atoms. The second-order valence-corrected chi connectivity index (χ2v) is 8.76. The van der Waals surface area contributed by atoms with E-state index in [0.29, 0.717) is 42.6 Å². The van der Waals surface area contributed by atoms with E-state index in [0.717, 1.165) is 33.7 Å². The van der Waals surface area contributed by atoms with Crippen molar-refractivity contribution < 1.29 is 28.6 Å². The quantitative estimate of drug-likeness (QED) is 0.509. The molecule has 1 aliphatic carbocycles. The fraction of sp³-hybridized carbons (Fsp3) is 0.333. The van der Waals surface area contributed by atoms with Crippen molar-refractivity contribution in [1.82, 2.24) is 5.16 Å². The third kappa shape index (κ3) is 3.88. The van der Waals surface area contributed by atoms with Crippen LogP contribution in [-0.2, 0) is 4.79 Å². The zero-order valence-electron chi connectivity index (χ0n) is 20.2. The van der Waals surface area contributed by atoms with Crippen molar-refractivity contribution >= 4 is 11.7 Å². The first-order chi connectivity index (χ1) is 16.9. The molecule has 182 valence electrons. The van der Waals surface area contributed by atoms with Gasteiger partial charge in [0.05, 0.1) is 32.1 Å². The number of methoxy groups -OCH3 is 2. The summed E-state index contributed by atoms with van der Waals surface area (Å²) in [6.07, 6.45) is 0.957. The lowest BCUT2D eigenvalue weighted by Gasteiger charge is -2.34. The molecule has 8 heteroatoms. The number of hydrogen-bond donors (Lipinski definition) is 2. The highest BCUT2D eigenvalue weighted by atomic mass is 16.5. The number of rotatable bonds is 6. The smallest absolute Gasteiger partial charge is 0.233 e. The van der Waals surface area contributed by atoms with Gasteiger partial charge in [-0.2, -0.15) is 0 Å². The van der Waals surface area contributed by atoms with Crippen LogP contribution in [-0.4, -0.2) is 36.9 Å². The number of nitrogens with one attached hydrogen (secondary N) is 1. The van der Waals surface area contributed by atoms with Crippen LogP contribution in [0.5, 0.6) is 23.0 Å². The van der Waals surface area contributed by atoms with Gasteiger partial charge in [0.1, 0.15) is 0 Å². The van der Waals surface area contributed by atoms with Gasteiger partial charge in [-0.3, -0.25) is 4.79 Å². The minimum atomic E-state index is -0.333. The van der Waals surface area contributed by atoms with E-state index in [2.05, 4.69) is 10.5 Å². The molecule has 0 amide bonds. The summed E-state index contributed by atoms with van der Waals surface area (Å²) < 4.78 is 22.2. The molecule has 1 aromatic heterocycles. The molecule has 2 N–H and O–H groups in total. The number of phenolic OH excluding ortho intramolecular Hbond substituents is 1. The minimum Gasteiger partial charge on any atom is -0.504 e. The average Bonchev–Trinajstić information content (AvgIpc) is 3.23. The summed E-state index contributed by atoms with van der Waals surface area (Å²) in [5.41, 5.74) is 4.97. The molecule has 8 nitrogen and oxygen atoms in total. The molecular weight excluding hydrogens is 448 g/mol. The van der Waals surface area contributed by atoms with Crippen LogP contribution in [0.25, 0.3) is 0 Å². The molecule has 2 aromatic carbocycles. The Kier molecular flexibility index (Phi) is 5.88. The second-order valence-electron chi connectivity index (χ2n) is 8.76. The number of ether oxygens (including phenoxy) is 3. The molecule has 0 saturated carbocycles. The highest BCUT2D eigenvalue weighted by Crippen LogP contribution is 2.50. The number of carbonyl (C=O) groups is 1. The van der Waals surface area contributed by atoms with Gasteiger partial charge in [0.25, 0.3) is 0 Å². The van der Waals surface area contributed by atoms with Crippen LogP contribution in [0.15, 0.2) is 52.2 Å². The first-order valence-electron chi connectivity index (χ1n) is 11.6. The number of anilines is 1. The fourth-order valence-corrected chi connectivity index (χ4v) is 5.13. The van der Waals surface area contributed by atoms with Crippen molar-refractivity contribution in [3.8, 4) is 23.0 Å². The number of fused-ring (bicyclic) bond motifs is 1. The normalized spacial score (nSPS) is 19.0. The molecule has 2 aliphatic rings. The van der Waals surface area contributed by atoms with Crippen LogP contribution >= 0.6 is 0 Å². The maximum absolute atomic E-state index is 13.7. The van der Waals surface area contributed by atoms with Gasteiger partial charge in [0, 0.05) is 23.6 Å². The van der Waals surface area contributed by atoms with E-state index in [1.807, 2.05) is 38.1 Å². The molecule has 2 atom stereocenters. The van der Waals surface area contributed by atoms with Crippen molar-refractivity contribution in [3.63, 3.8) is 0 Å². The van der Waals surface area contributed by atoms with Gasteiger partial charge in [-0.15, -0.1) is 0 Å². The van der Waals surface area contributed by atoms with Gasteiger partial charge in [-0.05, 0) is 61.6 Å². The summed E-state index contributed by atoms with van der Waals surface area (Å²) in [7, 11) is 3.12. The summed E-state index contributed by atoms with van der Waals surface area (Å²) in [5.74, 6) is 1.93. The van der Waals surface area contributed by atoms with Gasteiger partial charge in [-0.1, -0.05) is 17.3 Å². The third-order valence-electron chi connectivity index (χ3n) is 6.75. The molecule has 1 aliphatic heterocycles. The number of aromatic hydroxyl groups is 1. The number of hydrogen-bond acceptors (Lipinski definition) is 8. The standard InChI is InChI=1S/C27H28N2O6/c1-5-34-23-13-16(7-9-21(23)32-3)25-24-14(2)29-35-27(24)28-18-10-17(11-20(31)26(18)25)15-6-8-19(30)22(12-15)33-4/h6-9,12-13,17,25,28,30H,5,10-11H2,1-4H3/t17-,25-/m0/s1. The van der Waals surface area contributed by atoms with E-state index in [1.165, 1.54) is 7.11 Å². The lowest BCUT2D eigenvalue weighted by atomic mass is 9.72. The summed E-state index contributed by atoms with van der Waals surface area (Å²) in [4.78, 5) is 13.7. The average molecular weight is 477 g/mol. The number of benzene rings is 2. The number of carbonyl (C=O) groups excluding carboxylic acids is 1. The topological polar surface area (TPSA) is 103 Å². The Morgan fingerprint density at radius 1 is 1.06 bits per heavy atom. The van der Waals surface area contributed by atoms with Crippen molar-refractivity contribution in [2.45, 2.75) is 38.5 Å². The number of aromatic nitrogens is 1. The lowest BCUT2D eigenvalue weighted by Crippen LogP contribution is -2.29. The molecule has 0 radical (unpaired) electrons. The predicted octanol–water partition coefficient (Wildman–Crippen LogP) is 5.06. The molecular formula is C27H28N2O6. The van der Waals surface area contributed by atoms with E-state index < -0.39 is 0 Å². The van der Waals surface area contributed by atoms with E-state index in [4.69, 9.17) is 18.7 Å². The van der Waals surface area contributed by atoms with E-state index in [9.17, 15) is 9.90 Å². The van der Waals surface area contributed by atoms with Crippen molar-refractivity contribution in [2.75, 3.05) is 26.1 Å². The largest absolute Gasteiger partial charge is 0.504 e. The van der Waals surface area contributed by atoms with Gasteiger partial charge in [0.2, 0.25) is 5.88 Å². The monoisotopic (exact) mass is 476 g/mol. The number of aryl methyl sites for hydroxylation is 1. The first-order valence-corrected chi connectivity index (χ1v) is 11.6. The Morgan fingerprint density at radius 2 is 1.80 bits per heavy atom. The van der Waals surface area contributed by atoms with Crippen LogP contribution in [0, 0.1) is 6.92 Å². The van der Waals surface area contributed by atoms with E-state index in [-0.39, 0.29) is 23.4 Å². The zero-order valence-corrected chi connectivity index (χ0v) is 20.2. The second kappa shape index (κ2) is 9.02. The molecule has 5 rings (SSSR count). The van der Waals surface area contributed by atoms with E-state index in [1.54, 1.807) is 19.2 Å². The van der Waals surface area contributed by atoms with Gasteiger partial charge < -0.3 is 29.2 Å². The first kappa shape index (κ1) is 22.8. The molecule has 35 heavy (non-hydrogen) atoms. The SMILES string of the molecule is CCOc1cc([C@@H]2C3=C(C[C@H](c4ccc(O)c(OC)c4)CC3=O)Nc3onc(C)c32)ccc1OC. The maximum Gasteiger partial charge on any atom is 0.233 e. The van der Waals surface area contributed by atoms with Crippen molar-refractivity contribution in [2.24, 2.45) is 0 Å². The Labute approximate surface area is 203 Å². The Hall–Kier alpha value is -3.94. The minimum absolute atomic E-state index is 0.0563. The summed E-state index contributed by atoms with van der Waals surface area (Å²) in [5, 5.41) is 17.5. The molecule has 0 fully saturated rings. The lowest BCUT2D eigenvalue weighted by molar-refractivity contribution is -0.116. The van der Waals surface area contributed by atoms with Crippen molar-refractivity contribution in [1.29, 1.82) is 0 Å². The van der Waals surface area contributed by atoms with Gasteiger partial charge >= 0.3 is 0 Å². The fourth-order valence-electron chi connectivity index (χ4n) is 5.13. The maximum atomic E-state index is 13.7. The number of allylic oxidation sites excluding steroid dienone is 2. The van der Waals surface area contributed by atoms with Gasteiger partial charge in [-0.25, -0.2) is 0 Å². The highest BCUT2D eigenvalue weighted by Gasteiger charge is 2.41. The molecule has 3 aromatic rings. The number of phenols is 1. The van der Waals surface area contributed by atoms with Crippen LogP contribution in [0.2, 0.25) is 0 Å². The third-order valence-corrected chi connectivity index (χ3v) is 6.75. The van der Waals surface area contributed by atoms with Crippen LogP contribution < -0.4 is 19.5 Å². The Bertz CT molecular complexity index is 1330. The summed E-state index contributed by atoms with van der Waals surface area (Å²) in [6, 6.07) is 11.0. The highest BCUT2D eigenvalue weighted by molar-refractivity contribution is 6.01. The van der Waals surface area contributed by atoms with Crippen LogP contribution in [0.1, 0.15) is 54.0 Å². The molecule has 0 unspecified atom stereocenters. The number of nitrogens with zero attached hydrogens (tertiary/aromatic N) is 1. The molecule has 0 saturated heterocycles. The zero-order chi connectivity index (χ0) is 24.7. The van der Waals surface area contributed by atoms with Gasteiger partial charge in [0.15, 0.2) is 28.8 Å². The summed E-state index contributed by atoms with van der Waals surface area (Å²) in [6.45, 7) is 4.30.